The third-order valence-corrected chi connectivity index (χ3v) is 7.73. The van der Waals surface area contributed by atoms with Gasteiger partial charge in [0.2, 0.25) is 0 Å². The van der Waals surface area contributed by atoms with Crippen molar-refractivity contribution in [3.05, 3.63) is 71.8 Å². The number of methoxy groups -OCH3 is 1. The average molecular weight is 546 g/mol. The number of carboxylic acid groups (broad SMARTS) is 2. The maximum Gasteiger partial charge on any atom is 0.317 e. The molecule has 0 heterocycles. The number of aliphatic hydroxyl groups excluding tert-OH is 1. The van der Waals surface area contributed by atoms with E-state index in [4.69, 9.17) is 19.7 Å². The molecule has 9 heteroatoms. The first-order chi connectivity index (χ1) is 18.1. The molecule has 0 amide bonds. The Bertz CT molecular complexity index is 1030. The molecule has 2 aromatic carbocycles. The molecule has 0 saturated heterocycles. The monoisotopic (exact) mass is 545 g/mol. The highest BCUT2D eigenvalue weighted by Crippen LogP contribution is 2.32. The van der Waals surface area contributed by atoms with E-state index in [0.29, 0.717) is 25.2 Å². The number of para-hydroxylation sites is 1. The summed E-state index contributed by atoms with van der Waals surface area (Å²) in [6, 6.07) is 17.4. The van der Waals surface area contributed by atoms with Gasteiger partial charge in [0.15, 0.2) is 0 Å². The molecule has 2 rings (SSSR count). The van der Waals surface area contributed by atoms with Crippen LogP contribution in [0.15, 0.2) is 60.7 Å². The van der Waals surface area contributed by atoms with Crippen LogP contribution in [0.2, 0.25) is 0 Å². The SMILES string of the molecule is COC(NCC(=O)O)C(C)(C)CSC(C=Cc1ccccc1COc1ccccc1)C(O)CCCC(=O)O. The standard InChI is InChI=1S/C29H39NO7S/c1-29(2,28(36-3)30-18-27(34)35)20-38-25(24(31)14-9-15-26(32)33)17-16-21-10-7-8-11-22(21)19-37-23-12-5-4-6-13-23/h4-8,10-13,16-17,24-25,28,30-31H,9,14-15,18-20H2,1-3H3,(H,32,33)(H,34,35). The summed E-state index contributed by atoms with van der Waals surface area (Å²) in [5.41, 5.74) is 1.50. The van der Waals surface area contributed by atoms with Crippen LogP contribution >= 0.6 is 11.8 Å². The Balaban J connectivity index is 2.16. The van der Waals surface area contributed by atoms with Gasteiger partial charge in [0.1, 0.15) is 18.6 Å². The minimum Gasteiger partial charge on any atom is -0.489 e. The Hall–Kier alpha value is -2.85. The summed E-state index contributed by atoms with van der Waals surface area (Å²) >= 11 is 1.53. The minimum atomic E-state index is -0.972. The first-order valence-electron chi connectivity index (χ1n) is 12.6. The van der Waals surface area contributed by atoms with Crippen LogP contribution in [-0.4, -0.2) is 64.2 Å². The minimum absolute atomic E-state index is 0.00578. The number of nitrogens with one attached hydrogen (secondary N) is 1. The van der Waals surface area contributed by atoms with E-state index in [1.54, 1.807) is 0 Å². The molecule has 0 saturated carbocycles. The van der Waals surface area contributed by atoms with Crippen LogP contribution in [0.3, 0.4) is 0 Å². The largest absolute Gasteiger partial charge is 0.489 e. The van der Waals surface area contributed by atoms with Gasteiger partial charge < -0.3 is 24.8 Å². The average Bonchev–Trinajstić information content (AvgIpc) is 2.88. The summed E-state index contributed by atoms with van der Waals surface area (Å²) in [6.07, 6.45) is 3.35. The lowest BCUT2D eigenvalue weighted by Gasteiger charge is -2.34. The van der Waals surface area contributed by atoms with E-state index in [0.717, 1.165) is 16.9 Å². The van der Waals surface area contributed by atoms with Crippen LogP contribution in [0.5, 0.6) is 5.75 Å². The van der Waals surface area contributed by atoms with E-state index in [1.807, 2.05) is 80.6 Å². The molecular weight excluding hydrogens is 506 g/mol. The Morgan fingerprint density at radius 3 is 2.39 bits per heavy atom. The first-order valence-corrected chi connectivity index (χ1v) is 13.6. The van der Waals surface area contributed by atoms with Gasteiger partial charge in [0, 0.05) is 29.9 Å². The Labute approximate surface area is 229 Å². The van der Waals surface area contributed by atoms with Gasteiger partial charge in [0.25, 0.3) is 0 Å². The third kappa shape index (κ3) is 11.3. The highest BCUT2D eigenvalue weighted by molar-refractivity contribution is 8.00. The second kappa shape index (κ2) is 16.2. The number of aliphatic carboxylic acids is 2. The molecule has 3 unspecified atom stereocenters. The lowest BCUT2D eigenvalue weighted by atomic mass is 9.93. The van der Waals surface area contributed by atoms with Crippen LogP contribution in [-0.2, 0) is 20.9 Å². The molecule has 0 radical (unpaired) electrons. The molecule has 0 bridgehead atoms. The molecule has 2 aromatic rings. The Kier molecular flexibility index (Phi) is 13.4. The summed E-state index contributed by atoms with van der Waals surface area (Å²) < 4.78 is 11.4. The Morgan fingerprint density at radius 1 is 1.05 bits per heavy atom. The molecule has 0 aliphatic rings. The second-order valence-electron chi connectivity index (χ2n) is 9.67. The van der Waals surface area contributed by atoms with Crippen LogP contribution in [0, 0.1) is 5.41 Å². The fourth-order valence-corrected chi connectivity index (χ4v) is 5.19. The van der Waals surface area contributed by atoms with Crippen LogP contribution < -0.4 is 10.1 Å². The highest BCUT2D eigenvalue weighted by Gasteiger charge is 2.31. The predicted molar refractivity (Wildman–Crippen MR) is 150 cm³/mol. The van der Waals surface area contributed by atoms with Gasteiger partial charge in [-0.2, -0.15) is 11.8 Å². The zero-order chi connectivity index (χ0) is 28.0. The number of thioether (sulfide) groups is 1. The zero-order valence-corrected chi connectivity index (χ0v) is 23.0. The molecule has 8 nitrogen and oxygen atoms in total. The molecular formula is C29H39NO7S. The molecule has 0 aliphatic heterocycles. The van der Waals surface area contributed by atoms with Crippen molar-refractivity contribution in [1.29, 1.82) is 0 Å². The van der Waals surface area contributed by atoms with Gasteiger partial charge in [-0.1, -0.05) is 68.5 Å². The van der Waals surface area contributed by atoms with Gasteiger partial charge in [-0.05, 0) is 36.1 Å². The molecule has 0 aliphatic carbocycles. The fourth-order valence-electron chi connectivity index (χ4n) is 3.87. The molecule has 0 aromatic heterocycles. The Morgan fingerprint density at radius 2 is 1.74 bits per heavy atom. The van der Waals surface area contributed by atoms with Crippen molar-refractivity contribution in [2.75, 3.05) is 19.4 Å². The maximum atomic E-state index is 11.0. The van der Waals surface area contributed by atoms with Crippen molar-refractivity contribution in [1.82, 2.24) is 5.32 Å². The number of carboxylic acids is 2. The van der Waals surface area contributed by atoms with Gasteiger partial charge in [-0.25, -0.2) is 0 Å². The number of hydrogen-bond donors (Lipinski definition) is 4. The summed E-state index contributed by atoms with van der Waals surface area (Å²) in [5.74, 6) is -0.528. The summed E-state index contributed by atoms with van der Waals surface area (Å²) in [6.45, 7) is 4.10. The van der Waals surface area contributed by atoms with Gasteiger partial charge in [0.05, 0.1) is 12.6 Å². The fraction of sp³-hybridized carbons (Fsp3) is 0.448. The summed E-state index contributed by atoms with van der Waals surface area (Å²) in [4.78, 5) is 22.0. The number of ether oxygens (including phenoxy) is 2. The summed E-state index contributed by atoms with van der Waals surface area (Å²) in [7, 11) is 1.53. The molecule has 4 N–H and O–H groups in total. The van der Waals surface area contributed by atoms with E-state index in [1.165, 1.54) is 18.9 Å². The number of aliphatic hydroxyl groups is 1. The predicted octanol–water partition coefficient (Wildman–Crippen LogP) is 4.67. The van der Waals surface area contributed by atoms with E-state index in [-0.39, 0.29) is 18.2 Å². The smallest absolute Gasteiger partial charge is 0.317 e. The van der Waals surface area contributed by atoms with Crippen molar-refractivity contribution in [3.63, 3.8) is 0 Å². The van der Waals surface area contributed by atoms with E-state index in [9.17, 15) is 14.7 Å². The van der Waals surface area contributed by atoms with Crippen molar-refractivity contribution < 1.29 is 34.4 Å². The quantitative estimate of drug-likeness (QED) is 0.198. The summed E-state index contributed by atoms with van der Waals surface area (Å²) in [5, 5.41) is 31.6. The number of benzene rings is 2. The van der Waals surface area contributed by atoms with Gasteiger partial charge in [-0.3, -0.25) is 14.9 Å². The number of hydrogen-bond acceptors (Lipinski definition) is 7. The van der Waals surface area contributed by atoms with E-state index in [2.05, 4.69) is 5.32 Å². The molecule has 3 atom stereocenters. The van der Waals surface area contributed by atoms with E-state index >= 15 is 0 Å². The normalized spacial score (nSPS) is 14.2. The maximum absolute atomic E-state index is 11.0. The number of carbonyl (C=O) groups is 2. The lowest BCUT2D eigenvalue weighted by Crippen LogP contribution is -2.47. The van der Waals surface area contributed by atoms with Gasteiger partial charge in [-0.15, -0.1) is 0 Å². The van der Waals surface area contributed by atoms with Crippen molar-refractivity contribution >= 4 is 29.8 Å². The molecule has 38 heavy (non-hydrogen) atoms. The van der Waals surface area contributed by atoms with Crippen LogP contribution in [0.25, 0.3) is 6.08 Å². The second-order valence-corrected chi connectivity index (χ2v) is 10.8. The van der Waals surface area contributed by atoms with E-state index < -0.39 is 29.7 Å². The van der Waals surface area contributed by atoms with Crippen molar-refractivity contribution in [2.24, 2.45) is 5.41 Å². The van der Waals surface area contributed by atoms with Crippen LogP contribution in [0.1, 0.15) is 44.2 Å². The molecule has 0 fully saturated rings. The zero-order valence-electron chi connectivity index (χ0n) is 22.2. The first kappa shape index (κ1) is 31.4. The lowest BCUT2D eigenvalue weighted by molar-refractivity contribution is -0.138. The van der Waals surface area contributed by atoms with Crippen molar-refractivity contribution in [3.8, 4) is 5.75 Å². The van der Waals surface area contributed by atoms with Crippen LogP contribution in [0.4, 0.5) is 0 Å². The topological polar surface area (TPSA) is 125 Å². The third-order valence-electron chi connectivity index (χ3n) is 5.96. The van der Waals surface area contributed by atoms with Crippen molar-refractivity contribution in [2.45, 2.75) is 57.3 Å². The highest BCUT2D eigenvalue weighted by atomic mass is 32.2. The molecule has 0 spiro atoms. The number of rotatable bonds is 18. The van der Waals surface area contributed by atoms with Gasteiger partial charge >= 0.3 is 11.9 Å². The molecule has 208 valence electrons.